The number of benzene rings is 2. The van der Waals surface area contributed by atoms with Crippen LogP contribution in [0, 0.1) is 33.6 Å². The van der Waals surface area contributed by atoms with Gasteiger partial charge in [-0.25, -0.2) is 0 Å². The third-order valence-electron chi connectivity index (χ3n) is 7.02. The van der Waals surface area contributed by atoms with Gasteiger partial charge in [0.15, 0.2) is 0 Å². The van der Waals surface area contributed by atoms with Crippen molar-refractivity contribution in [3.05, 3.63) is 86.4 Å². The second-order valence-corrected chi connectivity index (χ2v) is 8.57. The highest BCUT2D eigenvalue weighted by atomic mass is 16.6. The number of allylic oxidation sites excluding steroid dienone is 5. The van der Waals surface area contributed by atoms with Crippen LogP contribution in [0.2, 0.25) is 0 Å². The molecule has 0 heterocycles. The van der Waals surface area contributed by atoms with Crippen molar-refractivity contribution in [2.75, 3.05) is 7.11 Å². The summed E-state index contributed by atoms with van der Waals surface area (Å²) in [6.07, 6.45) is 0. The standard InChI is InChI=1S/C28H34O3/c1-15-17(3)26(28(29)31-23-13-11-10-12-14-23)18(4)16(2)24(15)25-19(5)21(7)27(30-9)22(8)20(25)6/h10-14,17,29H,1-9H3. The van der Waals surface area contributed by atoms with Gasteiger partial charge in [-0.2, -0.15) is 0 Å². The van der Waals surface area contributed by atoms with Crippen molar-refractivity contribution >= 4 is 5.57 Å². The second-order valence-electron chi connectivity index (χ2n) is 8.57. The molecule has 0 bridgehead atoms. The van der Waals surface area contributed by atoms with Gasteiger partial charge in [0.2, 0.25) is 0 Å². The van der Waals surface area contributed by atoms with Crippen LogP contribution in [0.15, 0.2) is 58.6 Å². The molecule has 0 saturated carbocycles. The molecule has 3 nitrogen and oxygen atoms in total. The van der Waals surface area contributed by atoms with Gasteiger partial charge < -0.3 is 14.6 Å². The van der Waals surface area contributed by atoms with Gasteiger partial charge in [-0.15, -0.1) is 0 Å². The van der Waals surface area contributed by atoms with Gasteiger partial charge in [-0.3, -0.25) is 0 Å². The highest BCUT2D eigenvalue weighted by Crippen LogP contribution is 2.47. The predicted molar refractivity (Wildman–Crippen MR) is 129 cm³/mol. The summed E-state index contributed by atoms with van der Waals surface area (Å²) in [6, 6.07) is 9.42. The van der Waals surface area contributed by atoms with Crippen molar-refractivity contribution < 1.29 is 14.6 Å². The van der Waals surface area contributed by atoms with Crippen LogP contribution in [0.25, 0.3) is 5.57 Å². The predicted octanol–water partition coefficient (Wildman–Crippen LogP) is 7.54. The summed E-state index contributed by atoms with van der Waals surface area (Å²) in [5.74, 6) is 1.60. The second kappa shape index (κ2) is 8.66. The monoisotopic (exact) mass is 418 g/mol. The van der Waals surface area contributed by atoms with E-state index >= 15 is 0 Å². The molecule has 1 aliphatic carbocycles. The van der Waals surface area contributed by atoms with E-state index in [4.69, 9.17) is 9.47 Å². The molecule has 1 N–H and O–H groups in total. The lowest BCUT2D eigenvalue weighted by Crippen LogP contribution is -2.18. The largest absolute Gasteiger partial charge is 0.496 e. The molecule has 0 saturated heterocycles. The maximum atomic E-state index is 10.9. The summed E-state index contributed by atoms with van der Waals surface area (Å²) in [5.41, 5.74) is 11.7. The van der Waals surface area contributed by atoms with Crippen LogP contribution in [-0.2, 0) is 0 Å². The van der Waals surface area contributed by atoms with E-state index in [1.54, 1.807) is 7.11 Å². The number of aliphatic hydroxyl groups is 1. The van der Waals surface area contributed by atoms with Crippen molar-refractivity contribution in [1.29, 1.82) is 0 Å². The molecule has 3 heteroatoms. The number of hydrogen-bond acceptors (Lipinski definition) is 3. The average Bonchev–Trinajstić information content (AvgIpc) is 2.74. The molecule has 2 aromatic carbocycles. The molecule has 31 heavy (non-hydrogen) atoms. The van der Waals surface area contributed by atoms with Gasteiger partial charge in [0.05, 0.1) is 7.11 Å². The minimum absolute atomic E-state index is 0.0236. The van der Waals surface area contributed by atoms with Gasteiger partial charge in [0.1, 0.15) is 11.5 Å². The first-order valence-corrected chi connectivity index (χ1v) is 10.8. The molecule has 3 rings (SSSR count). The average molecular weight is 419 g/mol. The Bertz CT molecular complexity index is 1090. The third kappa shape index (κ3) is 3.78. The van der Waals surface area contributed by atoms with Crippen LogP contribution in [0.1, 0.15) is 55.5 Å². The lowest BCUT2D eigenvalue weighted by Gasteiger charge is -2.32. The third-order valence-corrected chi connectivity index (χ3v) is 7.02. The Labute approximate surface area is 186 Å². The van der Waals surface area contributed by atoms with Crippen molar-refractivity contribution in [3.8, 4) is 11.5 Å². The van der Waals surface area contributed by atoms with Crippen LogP contribution in [0.5, 0.6) is 11.5 Å². The number of para-hydroxylation sites is 1. The summed E-state index contributed by atoms with van der Waals surface area (Å²) >= 11 is 0. The fourth-order valence-electron chi connectivity index (χ4n) is 4.79. The van der Waals surface area contributed by atoms with Crippen LogP contribution in [0.3, 0.4) is 0 Å². The number of ether oxygens (including phenoxy) is 2. The molecule has 2 aromatic rings. The van der Waals surface area contributed by atoms with E-state index < -0.39 is 0 Å². The minimum atomic E-state index is -0.0236. The lowest BCUT2D eigenvalue weighted by atomic mass is 9.73. The van der Waals surface area contributed by atoms with E-state index in [-0.39, 0.29) is 11.9 Å². The molecular weight excluding hydrogens is 384 g/mol. The van der Waals surface area contributed by atoms with Crippen LogP contribution < -0.4 is 9.47 Å². The first-order chi connectivity index (χ1) is 14.6. The van der Waals surface area contributed by atoms with E-state index in [9.17, 15) is 5.11 Å². The number of hydrogen-bond donors (Lipinski definition) is 1. The Morgan fingerprint density at radius 1 is 0.806 bits per heavy atom. The molecule has 164 valence electrons. The zero-order valence-corrected chi connectivity index (χ0v) is 20.2. The van der Waals surface area contributed by atoms with E-state index in [1.165, 1.54) is 44.5 Å². The molecule has 1 aliphatic rings. The molecule has 1 atom stereocenters. The highest BCUT2D eigenvalue weighted by molar-refractivity contribution is 5.89. The Morgan fingerprint density at radius 3 is 1.87 bits per heavy atom. The van der Waals surface area contributed by atoms with Crippen LogP contribution >= 0.6 is 0 Å². The molecule has 1 unspecified atom stereocenters. The zero-order valence-electron chi connectivity index (χ0n) is 20.2. The van der Waals surface area contributed by atoms with E-state index in [0.717, 1.165) is 16.9 Å². The van der Waals surface area contributed by atoms with Gasteiger partial charge in [0, 0.05) is 11.5 Å². The first-order valence-electron chi connectivity index (χ1n) is 10.8. The molecule has 0 fully saturated rings. The van der Waals surface area contributed by atoms with E-state index in [1.807, 2.05) is 30.3 Å². The van der Waals surface area contributed by atoms with Crippen molar-refractivity contribution in [1.82, 2.24) is 0 Å². The zero-order chi connectivity index (χ0) is 23.0. The topological polar surface area (TPSA) is 38.7 Å². The van der Waals surface area contributed by atoms with E-state index in [2.05, 4.69) is 55.4 Å². The normalized spacial score (nSPS) is 18.4. The Kier molecular flexibility index (Phi) is 6.35. The van der Waals surface area contributed by atoms with Gasteiger partial charge in [-0.1, -0.05) is 30.7 Å². The Balaban J connectivity index is 2.20. The fraction of sp³-hybridized carbons (Fsp3) is 0.357. The molecular formula is C28H34O3. The van der Waals surface area contributed by atoms with Gasteiger partial charge in [0.25, 0.3) is 5.95 Å². The maximum Gasteiger partial charge on any atom is 0.286 e. The summed E-state index contributed by atoms with van der Waals surface area (Å²) in [6.45, 7) is 17.1. The van der Waals surface area contributed by atoms with Gasteiger partial charge >= 0.3 is 0 Å². The Morgan fingerprint density at radius 2 is 1.35 bits per heavy atom. The minimum Gasteiger partial charge on any atom is -0.496 e. The molecule has 0 aromatic heterocycles. The summed E-state index contributed by atoms with van der Waals surface area (Å²) < 4.78 is 11.5. The molecule has 0 spiro atoms. The molecule has 0 amide bonds. The number of aliphatic hydroxyl groups excluding tert-OH is 1. The van der Waals surface area contributed by atoms with Crippen molar-refractivity contribution in [2.45, 2.75) is 55.4 Å². The van der Waals surface area contributed by atoms with Crippen molar-refractivity contribution in [2.24, 2.45) is 5.92 Å². The smallest absolute Gasteiger partial charge is 0.286 e. The lowest BCUT2D eigenvalue weighted by molar-refractivity contribution is 0.200. The first kappa shape index (κ1) is 22.7. The quantitative estimate of drug-likeness (QED) is 0.521. The number of rotatable bonds is 4. The maximum absolute atomic E-state index is 10.9. The summed E-state index contributed by atoms with van der Waals surface area (Å²) in [5, 5.41) is 10.9. The van der Waals surface area contributed by atoms with Crippen molar-refractivity contribution in [3.63, 3.8) is 0 Å². The van der Waals surface area contributed by atoms with E-state index in [0.29, 0.717) is 5.75 Å². The SMILES string of the molecule is COc1c(C)c(C)c(C2=C(C)C(C)C(=C(O)Oc3ccccc3)C(C)=C2C)c(C)c1C. The molecule has 0 aliphatic heterocycles. The Hall–Kier alpha value is -2.94. The fourth-order valence-corrected chi connectivity index (χ4v) is 4.79. The molecule has 0 radical (unpaired) electrons. The van der Waals surface area contributed by atoms with Crippen LogP contribution in [0.4, 0.5) is 0 Å². The number of methoxy groups -OCH3 is 1. The van der Waals surface area contributed by atoms with Crippen LogP contribution in [-0.4, -0.2) is 12.2 Å². The summed E-state index contributed by atoms with van der Waals surface area (Å²) in [7, 11) is 1.74. The summed E-state index contributed by atoms with van der Waals surface area (Å²) in [4.78, 5) is 0. The van der Waals surface area contributed by atoms with Gasteiger partial charge in [-0.05, 0) is 105 Å². The highest BCUT2D eigenvalue weighted by Gasteiger charge is 2.31.